The summed E-state index contributed by atoms with van der Waals surface area (Å²) in [6.07, 6.45) is 0. The van der Waals surface area contributed by atoms with Crippen LogP contribution in [0.3, 0.4) is 0 Å². The first kappa shape index (κ1) is 18.9. The van der Waals surface area contributed by atoms with Gasteiger partial charge in [0.1, 0.15) is 17.0 Å². The molecule has 0 atom stereocenters. The number of hydrogen-bond donors (Lipinski definition) is 0. The van der Waals surface area contributed by atoms with Crippen LogP contribution < -0.4 is 4.74 Å². The summed E-state index contributed by atoms with van der Waals surface area (Å²) in [5, 5.41) is 17.6. The van der Waals surface area contributed by atoms with Crippen molar-refractivity contribution in [1.82, 2.24) is 4.98 Å². The van der Waals surface area contributed by atoms with E-state index in [9.17, 15) is 13.6 Å². The highest BCUT2D eigenvalue weighted by Crippen LogP contribution is 2.36. The van der Waals surface area contributed by atoms with E-state index in [0.29, 0.717) is 0 Å². The number of carbonyl (C=O) groups is 1. The number of methoxy groups -OCH3 is 1. The second-order valence-electron chi connectivity index (χ2n) is 5.67. The number of nitrogens with zero attached hydrogens (tertiary/aromatic N) is 3. The molecule has 8 heteroatoms. The van der Waals surface area contributed by atoms with Crippen molar-refractivity contribution in [2.75, 3.05) is 7.11 Å². The van der Waals surface area contributed by atoms with Crippen molar-refractivity contribution in [3.63, 3.8) is 0 Å². The Hall–Kier alpha value is -3.91. The van der Waals surface area contributed by atoms with Crippen LogP contribution in [0.25, 0.3) is 22.2 Å². The summed E-state index contributed by atoms with van der Waals surface area (Å²) < 4.78 is 49.0. The van der Waals surface area contributed by atoms with Gasteiger partial charge in [-0.3, -0.25) is 4.79 Å². The quantitative estimate of drug-likeness (QED) is 0.633. The molecule has 138 valence electrons. The van der Waals surface area contributed by atoms with Gasteiger partial charge in [-0.05, 0) is 24.3 Å². The van der Waals surface area contributed by atoms with Gasteiger partial charge in [-0.2, -0.15) is 10.5 Å². The molecule has 0 radical (unpaired) electrons. The van der Waals surface area contributed by atoms with Crippen molar-refractivity contribution < 1.29 is 22.7 Å². The summed E-state index contributed by atoms with van der Waals surface area (Å²) in [4.78, 5) is 16.1. The van der Waals surface area contributed by atoms with E-state index in [1.54, 1.807) is 0 Å². The number of hydrogen-bond acceptors (Lipinski definition) is 5. The fraction of sp³-hybridized carbons (Fsp3) is 0.100. The van der Waals surface area contributed by atoms with E-state index in [-0.39, 0.29) is 16.7 Å². The number of ether oxygens (including phenoxy) is 1. The first-order chi connectivity index (χ1) is 13.4. The Bertz CT molecular complexity index is 1180. The molecule has 0 amide bonds. The van der Waals surface area contributed by atoms with E-state index in [1.807, 2.05) is 0 Å². The van der Waals surface area contributed by atoms with E-state index >= 15 is 4.39 Å². The van der Waals surface area contributed by atoms with Crippen LogP contribution in [0, 0.1) is 46.0 Å². The van der Waals surface area contributed by atoms with Crippen molar-refractivity contribution in [2.24, 2.45) is 5.92 Å². The summed E-state index contributed by atoms with van der Waals surface area (Å²) in [6.45, 7) is 0. The van der Waals surface area contributed by atoms with E-state index in [1.165, 1.54) is 36.4 Å². The van der Waals surface area contributed by atoms with Crippen LogP contribution in [0.1, 0.15) is 10.4 Å². The molecule has 0 spiro atoms. The number of aromatic nitrogens is 1. The lowest BCUT2D eigenvalue weighted by molar-refractivity contribution is 0.0967. The second-order valence-corrected chi connectivity index (χ2v) is 5.67. The van der Waals surface area contributed by atoms with Crippen LogP contribution in [-0.4, -0.2) is 17.9 Å². The SMILES string of the molecule is COc1c(F)c(-c2ccccc2F)nc2c(F)c(C(=O)C(C#N)C#N)ccc12. The maximum atomic E-state index is 15.0. The topological polar surface area (TPSA) is 86.8 Å². The average Bonchev–Trinajstić information content (AvgIpc) is 2.69. The summed E-state index contributed by atoms with van der Waals surface area (Å²) in [7, 11) is 1.15. The summed E-state index contributed by atoms with van der Waals surface area (Å²) >= 11 is 0. The molecule has 0 aliphatic heterocycles. The second kappa shape index (κ2) is 7.37. The molecule has 0 aliphatic rings. The van der Waals surface area contributed by atoms with Crippen LogP contribution in [0.4, 0.5) is 13.2 Å². The molecule has 5 nitrogen and oxygen atoms in total. The molecule has 1 aromatic heterocycles. The fourth-order valence-electron chi connectivity index (χ4n) is 2.77. The number of fused-ring (bicyclic) bond motifs is 1. The van der Waals surface area contributed by atoms with E-state index in [2.05, 4.69) is 4.98 Å². The normalized spacial score (nSPS) is 10.5. The molecule has 0 aliphatic carbocycles. The van der Waals surface area contributed by atoms with Crippen molar-refractivity contribution in [1.29, 1.82) is 10.5 Å². The third-order valence-electron chi connectivity index (χ3n) is 4.11. The van der Waals surface area contributed by atoms with Gasteiger partial charge in [0.2, 0.25) is 0 Å². The molecule has 0 fully saturated rings. The molecular weight excluding hydrogens is 371 g/mol. The van der Waals surface area contributed by atoms with Crippen LogP contribution in [-0.2, 0) is 0 Å². The van der Waals surface area contributed by atoms with Gasteiger partial charge in [-0.1, -0.05) is 12.1 Å². The first-order valence-electron chi connectivity index (χ1n) is 7.88. The number of ketones is 1. The third kappa shape index (κ3) is 2.91. The van der Waals surface area contributed by atoms with Gasteiger partial charge in [-0.15, -0.1) is 0 Å². The zero-order valence-corrected chi connectivity index (χ0v) is 14.3. The molecule has 0 saturated heterocycles. The smallest absolute Gasteiger partial charge is 0.197 e. The lowest BCUT2D eigenvalue weighted by Crippen LogP contribution is -2.13. The minimum absolute atomic E-state index is 0.0837. The Labute approximate surface area is 157 Å². The minimum Gasteiger partial charge on any atom is -0.493 e. The number of carbonyl (C=O) groups excluding carboxylic acids is 1. The Kier molecular flexibility index (Phi) is 4.97. The molecule has 3 rings (SSSR count). The van der Waals surface area contributed by atoms with Gasteiger partial charge in [0.25, 0.3) is 0 Å². The monoisotopic (exact) mass is 381 g/mol. The summed E-state index contributed by atoms with van der Waals surface area (Å²) in [5.74, 6) is -6.07. The Morgan fingerprint density at radius 3 is 2.36 bits per heavy atom. The molecular formula is C20H10F3N3O2. The van der Waals surface area contributed by atoms with Crippen molar-refractivity contribution >= 4 is 16.7 Å². The van der Waals surface area contributed by atoms with Gasteiger partial charge in [0.05, 0.1) is 24.8 Å². The predicted molar refractivity (Wildman–Crippen MR) is 92.7 cm³/mol. The van der Waals surface area contributed by atoms with Crippen LogP contribution in [0.2, 0.25) is 0 Å². The van der Waals surface area contributed by atoms with Crippen molar-refractivity contribution in [2.45, 2.75) is 0 Å². The van der Waals surface area contributed by atoms with Gasteiger partial charge in [0, 0.05) is 10.9 Å². The molecule has 0 bridgehead atoms. The lowest BCUT2D eigenvalue weighted by Gasteiger charge is -2.13. The number of nitriles is 2. The molecule has 28 heavy (non-hydrogen) atoms. The number of rotatable bonds is 4. The van der Waals surface area contributed by atoms with Crippen LogP contribution >= 0.6 is 0 Å². The van der Waals surface area contributed by atoms with Crippen molar-refractivity contribution in [3.05, 3.63) is 59.4 Å². The largest absolute Gasteiger partial charge is 0.493 e. The average molecular weight is 381 g/mol. The number of benzene rings is 2. The Morgan fingerprint density at radius 1 is 1.07 bits per heavy atom. The third-order valence-corrected chi connectivity index (χ3v) is 4.11. The predicted octanol–water partition coefficient (Wildman–Crippen LogP) is 4.17. The Morgan fingerprint density at radius 2 is 1.75 bits per heavy atom. The standard InChI is InChI=1S/C20H10F3N3O2/c1-28-20-13-7-6-12(19(27)10(8-24)9-25)15(22)18(13)26-17(16(20)23)11-4-2-3-5-14(11)21/h2-7,10H,1H3. The summed E-state index contributed by atoms with van der Waals surface area (Å²) in [6, 6.07) is 10.4. The van der Waals surface area contributed by atoms with Gasteiger partial charge in [0.15, 0.2) is 29.1 Å². The molecule has 0 saturated carbocycles. The molecule has 1 heterocycles. The zero-order chi connectivity index (χ0) is 20.4. The number of Topliss-reactive ketones (excluding diaryl/α,β-unsaturated/α-hetero) is 1. The lowest BCUT2D eigenvalue weighted by atomic mass is 9.97. The minimum atomic E-state index is -1.71. The van der Waals surface area contributed by atoms with Gasteiger partial charge in [-0.25, -0.2) is 18.2 Å². The molecule has 3 aromatic rings. The zero-order valence-electron chi connectivity index (χ0n) is 14.3. The molecule has 0 N–H and O–H groups in total. The maximum absolute atomic E-state index is 15.0. The molecule has 2 aromatic carbocycles. The number of halogens is 3. The van der Waals surface area contributed by atoms with E-state index in [4.69, 9.17) is 15.3 Å². The van der Waals surface area contributed by atoms with Gasteiger partial charge < -0.3 is 4.74 Å². The highest BCUT2D eigenvalue weighted by atomic mass is 19.1. The first-order valence-corrected chi connectivity index (χ1v) is 7.88. The van der Waals surface area contributed by atoms with Crippen LogP contribution in [0.5, 0.6) is 5.75 Å². The molecule has 0 unspecified atom stereocenters. The highest BCUT2D eigenvalue weighted by molar-refractivity contribution is 6.04. The van der Waals surface area contributed by atoms with Crippen LogP contribution in [0.15, 0.2) is 36.4 Å². The fourth-order valence-corrected chi connectivity index (χ4v) is 2.77. The summed E-state index contributed by atoms with van der Waals surface area (Å²) in [5.41, 5.74) is -1.72. The van der Waals surface area contributed by atoms with Crippen molar-refractivity contribution in [3.8, 4) is 29.1 Å². The Balaban J connectivity index is 2.35. The van der Waals surface area contributed by atoms with Gasteiger partial charge >= 0.3 is 0 Å². The maximum Gasteiger partial charge on any atom is 0.197 e. The highest BCUT2D eigenvalue weighted by Gasteiger charge is 2.27. The number of pyridine rings is 1. The van der Waals surface area contributed by atoms with E-state index < -0.39 is 45.9 Å². The van der Waals surface area contributed by atoms with E-state index in [0.717, 1.165) is 19.2 Å².